The largest absolute Gasteiger partial charge is 0.463 e. The van der Waals surface area contributed by atoms with Crippen LogP contribution in [0.15, 0.2) is 0 Å². The van der Waals surface area contributed by atoms with Gasteiger partial charge in [-0.2, -0.15) is 13.2 Å². The van der Waals surface area contributed by atoms with Gasteiger partial charge in [-0.3, -0.25) is 9.59 Å². The lowest BCUT2D eigenvalue weighted by molar-refractivity contribution is -0.288. The number of fused-ring (bicyclic) bond motifs is 3. The highest BCUT2D eigenvalue weighted by atomic mass is 19.4. The standard InChI is InChI=1S/C28H37F3O11/c1-12(2)11-26(5,13(3)4)25(35)40-19-17-18(38-23(19)34)20-24(39-17)42-27(41-20)8-6-14(28(29,30)31)10-15(27)21(32)37-16-7-9-36-22(16)33/h12-20,24H,6-11H2,1-5H3. The molecule has 236 valence electrons. The van der Waals surface area contributed by atoms with E-state index >= 15 is 0 Å². The van der Waals surface area contributed by atoms with E-state index in [0.29, 0.717) is 6.42 Å². The Labute approximate surface area is 241 Å². The molecule has 1 saturated carbocycles. The van der Waals surface area contributed by atoms with Crippen molar-refractivity contribution in [3.8, 4) is 0 Å². The van der Waals surface area contributed by atoms with Crippen molar-refractivity contribution in [2.24, 2.45) is 29.1 Å². The lowest BCUT2D eigenvalue weighted by Crippen LogP contribution is -2.52. The molecule has 10 unspecified atom stereocenters. The Morgan fingerprint density at radius 1 is 1.00 bits per heavy atom. The van der Waals surface area contributed by atoms with Crippen LogP contribution >= 0.6 is 0 Å². The molecule has 11 nitrogen and oxygen atoms in total. The molecular weight excluding hydrogens is 569 g/mol. The fraction of sp³-hybridized carbons (Fsp3) is 0.857. The Kier molecular flexibility index (Phi) is 8.06. The summed E-state index contributed by atoms with van der Waals surface area (Å²) in [6.45, 7) is 9.54. The topological polar surface area (TPSA) is 133 Å². The summed E-state index contributed by atoms with van der Waals surface area (Å²) in [7, 11) is 0. The summed E-state index contributed by atoms with van der Waals surface area (Å²) in [6.07, 6.45) is -12.5. The van der Waals surface area contributed by atoms with Crippen LogP contribution in [0.2, 0.25) is 0 Å². The van der Waals surface area contributed by atoms with Gasteiger partial charge in [0.25, 0.3) is 0 Å². The van der Waals surface area contributed by atoms with Crippen LogP contribution in [0.5, 0.6) is 0 Å². The van der Waals surface area contributed by atoms with Crippen LogP contribution in [0.1, 0.15) is 66.7 Å². The van der Waals surface area contributed by atoms with Crippen LogP contribution in [0.25, 0.3) is 0 Å². The fourth-order valence-electron chi connectivity index (χ4n) is 6.60. The Morgan fingerprint density at radius 3 is 2.31 bits per heavy atom. The van der Waals surface area contributed by atoms with E-state index in [1.165, 1.54) is 0 Å². The van der Waals surface area contributed by atoms with Crippen LogP contribution in [0, 0.1) is 29.1 Å². The number of carbonyl (C=O) groups is 4. The molecule has 0 aromatic heterocycles. The number of halogens is 3. The minimum atomic E-state index is -4.58. The molecule has 0 aromatic carbocycles. The smallest absolute Gasteiger partial charge is 0.391 e. The van der Waals surface area contributed by atoms with E-state index < -0.39 is 103 Å². The molecule has 4 saturated heterocycles. The summed E-state index contributed by atoms with van der Waals surface area (Å²) in [5.41, 5.74) is -0.880. The number of esters is 4. The molecule has 10 atom stereocenters. The number of rotatable bonds is 7. The molecule has 0 amide bonds. The first-order valence-corrected chi connectivity index (χ1v) is 14.4. The van der Waals surface area contributed by atoms with Crippen molar-refractivity contribution >= 4 is 23.9 Å². The zero-order valence-corrected chi connectivity index (χ0v) is 24.1. The molecule has 42 heavy (non-hydrogen) atoms. The minimum absolute atomic E-state index is 0.0245. The number of hydrogen-bond donors (Lipinski definition) is 0. The van der Waals surface area contributed by atoms with Gasteiger partial charge >= 0.3 is 30.1 Å². The van der Waals surface area contributed by atoms with Crippen molar-refractivity contribution in [1.29, 1.82) is 0 Å². The van der Waals surface area contributed by atoms with Gasteiger partial charge in [0.1, 0.15) is 12.0 Å². The van der Waals surface area contributed by atoms with Gasteiger partial charge in [0.15, 0.2) is 24.3 Å². The second kappa shape index (κ2) is 10.9. The molecule has 0 bridgehead atoms. The van der Waals surface area contributed by atoms with Crippen LogP contribution in [0.4, 0.5) is 13.2 Å². The molecular formula is C28H37F3O11. The molecule has 4 heterocycles. The van der Waals surface area contributed by atoms with E-state index in [9.17, 15) is 32.3 Å². The Morgan fingerprint density at radius 2 is 1.71 bits per heavy atom. The lowest BCUT2D eigenvalue weighted by atomic mass is 9.73. The second-order valence-electron chi connectivity index (χ2n) is 12.8. The zero-order chi connectivity index (χ0) is 30.8. The number of ether oxygens (including phenoxy) is 7. The number of carbonyl (C=O) groups excluding carboxylic acids is 4. The molecule has 5 aliphatic rings. The minimum Gasteiger partial charge on any atom is -0.463 e. The van der Waals surface area contributed by atoms with Crippen LogP contribution in [-0.4, -0.2) is 79.3 Å². The second-order valence-corrected chi connectivity index (χ2v) is 12.8. The summed E-state index contributed by atoms with van der Waals surface area (Å²) in [5.74, 6) is -8.43. The molecule has 0 aromatic rings. The van der Waals surface area contributed by atoms with E-state index in [-0.39, 0.29) is 31.3 Å². The first-order chi connectivity index (χ1) is 19.6. The van der Waals surface area contributed by atoms with E-state index in [0.717, 1.165) is 0 Å². The van der Waals surface area contributed by atoms with Crippen molar-refractivity contribution in [3.63, 3.8) is 0 Å². The van der Waals surface area contributed by atoms with Gasteiger partial charge in [-0.05, 0) is 38.0 Å². The van der Waals surface area contributed by atoms with E-state index in [2.05, 4.69) is 0 Å². The lowest BCUT2D eigenvalue weighted by Gasteiger charge is -2.42. The van der Waals surface area contributed by atoms with Crippen LogP contribution in [-0.2, 0) is 52.3 Å². The third-order valence-electron chi connectivity index (χ3n) is 9.23. The Bertz CT molecular complexity index is 1110. The van der Waals surface area contributed by atoms with Gasteiger partial charge in [-0.25, -0.2) is 9.59 Å². The van der Waals surface area contributed by atoms with Gasteiger partial charge in [0.2, 0.25) is 12.2 Å². The predicted octanol–water partition coefficient (Wildman–Crippen LogP) is 3.21. The predicted molar refractivity (Wildman–Crippen MR) is 132 cm³/mol. The average molecular weight is 607 g/mol. The first kappa shape index (κ1) is 31.0. The quantitative estimate of drug-likeness (QED) is 0.313. The van der Waals surface area contributed by atoms with Crippen molar-refractivity contribution in [1.82, 2.24) is 0 Å². The van der Waals surface area contributed by atoms with Gasteiger partial charge in [-0.1, -0.05) is 27.7 Å². The summed E-state index contributed by atoms with van der Waals surface area (Å²) in [4.78, 5) is 51.2. The van der Waals surface area contributed by atoms with Crippen molar-refractivity contribution < 1.29 is 65.5 Å². The monoisotopic (exact) mass is 606 g/mol. The third kappa shape index (κ3) is 5.38. The fourth-order valence-corrected chi connectivity index (χ4v) is 6.60. The zero-order valence-electron chi connectivity index (χ0n) is 24.1. The van der Waals surface area contributed by atoms with Crippen LogP contribution < -0.4 is 0 Å². The van der Waals surface area contributed by atoms with Gasteiger partial charge in [-0.15, -0.1) is 0 Å². The highest BCUT2D eigenvalue weighted by Gasteiger charge is 2.69. The highest BCUT2D eigenvalue weighted by Crippen LogP contribution is 2.54. The maximum absolute atomic E-state index is 13.7. The highest BCUT2D eigenvalue weighted by molar-refractivity contribution is 5.84. The van der Waals surface area contributed by atoms with Crippen molar-refractivity contribution in [3.05, 3.63) is 0 Å². The van der Waals surface area contributed by atoms with Gasteiger partial charge < -0.3 is 33.2 Å². The number of cyclic esters (lactones) is 1. The number of hydrogen-bond acceptors (Lipinski definition) is 11. The van der Waals surface area contributed by atoms with Gasteiger partial charge in [0.05, 0.1) is 17.9 Å². The molecule has 0 radical (unpaired) electrons. The molecule has 1 aliphatic carbocycles. The maximum Gasteiger partial charge on any atom is 0.391 e. The van der Waals surface area contributed by atoms with Crippen molar-refractivity contribution in [2.45, 2.75) is 115 Å². The molecule has 14 heteroatoms. The normalized spacial score (nSPS) is 39.2. The maximum atomic E-state index is 13.7. The van der Waals surface area contributed by atoms with Crippen molar-refractivity contribution in [2.75, 3.05) is 6.61 Å². The molecule has 5 fully saturated rings. The SMILES string of the molecule is CC(C)CC(C)(C(=O)OC1C(=O)OC2C3OC4(CCC(C(F)(F)F)CC4C(=O)OC4CCOC4=O)OC3OC12)C(C)C. The van der Waals surface area contributed by atoms with E-state index in [1.54, 1.807) is 6.92 Å². The van der Waals surface area contributed by atoms with Crippen LogP contribution in [0.3, 0.4) is 0 Å². The third-order valence-corrected chi connectivity index (χ3v) is 9.23. The molecule has 0 N–H and O–H groups in total. The van der Waals surface area contributed by atoms with E-state index in [4.69, 9.17) is 33.2 Å². The molecule has 4 aliphatic heterocycles. The Balaban J connectivity index is 1.32. The number of alkyl halides is 3. The molecule has 1 spiro atoms. The van der Waals surface area contributed by atoms with E-state index in [1.807, 2.05) is 27.7 Å². The summed E-state index contributed by atoms with van der Waals surface area (Å²) in [6, 6.07) is 0. The summed E-state index contributed by atoms with van der Waals surface area (Å²) < 4.78 is 80.3. The summed E-state index contributed by atoms with van der Waals surface area (Å²) in [5, 5.41) is 0. The summed E-state index contributed by atoms with van der Waals surface area (Å²) >= 11 is 0. The average Bonchev–Trinajstić information content (AvgIpc) is 3.61. The van der Waals surface area contributed by atoms with Gasteiger partial charge in [0, 0.05) is 12.8 Å². The first-order valence-electron chi connectivity index (χ1n) is 14.4. The Hall–Kier alpha value is -2.45. The molecule has 5 rings (SSSR count).